The number of nitrogens with zero attached hydrogens (tertiary/aromatic N) is 4. The van der Waals surface area contributed by atoms with Crippen molar-refractivity contribution in [2.45, 2.75) is 88.6 Å². The van der Waals surface area contributed by atoms with Gasteiger partial charge in [0.1, 0.15) is 12.2 Å². The number of alkyl halides is 5. The average Bonchev–Trinajstić information content (AvgIpc) is 3.50. The first kappa shape index (κ1) is 29.1. The Kier molecular flexibility index (Phi) is 7.18. The molecule has 3 aromatic rings. The van der Waals surface area contributed by atoms with Crippen molar-refractivity contribution in [1.82, 2.24) is 19.7 Å². The summed E-state index contributed by atoms with van der Waals surface area (Å²) in [6.07, 6.45) is -4.47. The Hall–Kier alpha value is -4.01. The summed E-state index contributed by atoms with van der Waals surface area (Å²) in [6, 6.07) is 4.06. The molecule has 0 amide bonds. The maximum Gasteiger partial charge on any atom is 0.586 e. The molecule has 0 saturated heterocycles. The Morgan fingerprint density at radius 3 is 2.58 bits per heavy atom. The van der Waals surface area contributed by atoms with E-state index in [1.54, 1.807) is 6.92 Å². The SMILES string of the molecule is C[C@@H](Oc1cc(-n2nc(C(F)(F)F)c3c2C(OC2(C(=O)O)CCCCC2)CCC3)ccn1)c1cc2c(cn1)OC(F)(F)O2. The third-order valence-electron chi connectivity index (χ3n) is 7.90. The van der Waals surface area contributed by atoms with Gasteiger partial charge in [-0.1, -0.05) is 6.42 Å². The number of fused-ring (bicyclic) bond motifs is 2. The molecule has 2 atom stereocenters. The van der Waals surface area contributed by atoms with Gasteiger partial charge in [0.25, 0.3) is 0 Å². The lowest BCUT2D eigenvalue weighted by Crippen LogP contribution is -2.45. The summed E-state index contributed by atoms with van der Waals surface area (Å²) >= 11 is 0. The van der Waals surface area contributed by atoms with E-state index in [0.717, 1.165) is 17.3 Å². The van der Waals surface area contributed by atoms with Gasteiger partial charge >= 0.3 is 18.4 Å². The van der Waals surface area contributed by atoms with Crippen molar-refractivity contribution in [1.29, 1.82) is 0 Å². The van der Waals surface area contributed by atoms with Crippen molar-refractivity contribution in [2.75, 3.05) is 0 Å². The highest BCUT2D eigenvalue weighted by molar-refractivity contribution is 5.77. The van der Waals surface area contributed by atoms with Crippen LogP contribution in [0.5, 0.6) is 17.4 Å². The van der Waals surface area contributed by atoms with Crippen molar-refractivity contribution in [3.63, 3.8) is 0 Å². The number of hydrogen-bond acceptors (Lipinski definition) is 8. The Labute approximate surface area is 241 Å². The molecule has 43 heavy (non-hydrogen) atoms. The third kappa shape index (κ3) is 5.57. The number of carboxylic acid groups (broad SMARTS) is 1. The number of pyridine rings is 2. The van der Waals surface area contributed by atoms with E-state index in [9.17, 15) is 31.9 Å². The third-order valence-corrected chi connectivity index (χ3v) is 7.90. The number of aromatic nitrogens is 4. The minimum Gasteiger partial charge on any atom is -0.479 e. The number of carboxylic acids is 1. The smallest absolute Gasteiger partial charge is 0.479 e. The molecule has 230 valence electrons. The quantitative estimate of drug-likeness (QED) is 0.307. The van der Waals surface area contributed by atoms with Crippen molar-refractivity contribution < 1.29 is 50.8 Å². The van der Waals surface area contributed by atoms with Gasteiger partial charge in [0, 0.05) is 23.9 Å². The molecule has 2 aliphatic carbocycles. The van der Waals surface area contributed by atoms with E-state index < -0.39 is 41.9 Å². The van der Waals surface area contributed by atoms with E-state index in [0.29, 0.717) is 25.7 Å². The van der Waals surface area contributed by atoms with Crippen molar-refractivity contribution in [2.24, 2.45) is 0 Å². The fraction of sp³-hybridized carbons (Fsp3) is 0.500. The Bertz CT molecular complexity index is 1540. The second-order valence-corrected chi connectivity index (χ2v) is 10.8. The monoisotopic (exact) mass is 610 g/mol. The van der Waals surface area contributed by atoms with Crippen LogP contribution in [0.2, 0.25) is 0 Å². The molecule has 1 saturated carbocycles. The maximum absolute atomic E-state index is 14.2. The van der Waals surface area contributed by atoms with Gasteiger partial charge in [0.15, 0.2) is 22.8 Å². The summed E-state index contributed by atoms with van der Waals surface area (Å²) in [5, 5.41) is 14.0. The maximum atomic E-state index is 14.2. The summed E-state index contributed by atoms with van der Waals surface area (Å²) in [6.45, 7) is 1.58. The topological polar surface area (TPSA) is 118 Å². The van der Waals surface area contributed by atoms with Crippen LogP contribution in [0.1, 0.15) is 86.7 Å². The zero-order valence-corrected chi connectivity index (χ0v) is 22.9. The number of hydrogen-bond donors (Lipinski definition) is 1. The Morgan fingerprint density at radius 1 is 1.12 bits per heavy atom. The fourth-order valence-corrected chi connectivity index (χ4v) is 5.89. The molecule has 1 fully saturated rings. The molecule has 1 unspecified atom stereocenters. The molecule has 0 bridgehead atoms. The predicted octanol–water partition coefficient (Wildman–Crippen LogP) is 6.32. The van der Waals surface area contributed by atoms with Gasteiger partial charge in [-0.15, -0.1) is 8.78 Å². The predicted molar refractivity (Wildman–Crippen MR) is 136 cm³/mol. The van der Waals surface area contributed by atoms with Crippen molar-refractivity contribution in [3.05, 3.63) is 53.2 Å². The van der Waals surface area contributed by atoms with Crippen LogP contribution in [0, 0.1) is 0 Å². The highest BCUT2D eigenvalue weighted by atomic mass is 19.4. The lowest BCUT2D eigenvalue weighted by Gasteiger charge is -2.38. The van der Waals surface area contributed by atoms with Gasteiger partial charge in [-0.2, -0.15) is 18.3 Å². The van der Waals surface area contributed by atoms with E-state index in [2.05, 4.69) is 24.5 Å². The summed E-state index contributed by atoms with van der Waals surface area (Å²) in [7, 11) is 0. The number of carbonyl (C=O) groups is 1. The zero-order valence-electron chi connectivity index (χ0n) is 22.9. The molecule has 3 aliphatic rings. The molecule has 3 aromatic heterocycles. The fourth-order valence-electron chi connectivity index (χ4n) is 5.89. The molecular formula is C28H27F5N4O6. The standard InChI is InChI=1S/C28H27F5N4O6/c1-15(18-13-20-21(14-35-18)43-28(32,33)42-20)40-22-12-16(8-11-34-22)37-23-17(24(36-37)27(29,30)31)6-5-7-19(23)41-26(25(38)39)9-3-2-4-10-26/h8,11-15,19H,2-7,9-10H2,1H3,(H,38,39)/t15-,19?/m1/s1. The van der Waals surface area contributed by atoms with Gasteiger partial charge in [0.05, 0.1) is 23.3 Å². The molecular weight excluding hydrogens is 583 g/mol. The van der Waals surface area contributed by atoms with Crippen LogP contribution < -0.4 is 14.2 Å². The van der Waals surface area contributed by atoms with Crippen molar-refractivity contribution in [3.8, 4) is 23.1 Å². The molecule has 6 rings (SSSR count). The van der Waals surface area contributed by atoms with Crippen LogP contribution in [-0.4, -0.2) is 42.7 Å². The Morgan fingerprint density at radius 2 is 1.86 bits per heavy atom. The second kappa shape index (κ2) is 10.6. The van der Waals surface area contributed by atoms with Crippen LogP contribution in [0.3, 0.4) is 0 Å². The average molecular weight is 611 g/mol. The molecule has 4 heterocycles. The molecule has 15 heteroatoms. The number of aliphatic carboxylic acids is 1. The molecule has 0 spiro atoms. The van der Waals surface area contributed by atoms with E-state index in [1.165, 1.54) is 24.4 Å². The first-order valence-corrected chi connectivity index (χ1v) is 13.8. The van der Waals surface area contributed by atoms with E-state index >= 15 is 0 Å². The molecule has 10 nitrogen and oxygen atoms in total. The highest BCUT2D eigenvalue weighted by Crippen LogP contribution is 2.46. The minimum absolute atomic E-state index is 0.00447. The van der Waals surface area contributed by atoms with Crippen LogP contribution in [0.4, 0.5) is 22.0 Å². The van der Waals surface area contributed by atoms with Gasteiger partial charge in [-0.05, 0) is 57.9 Å². The van der Waals surface area contributed by atoms with Gasteiger partial charge in [-0.25, -0.2) is 14.5 Å². The van der Waals surface area contributed by atoms with Gasteiger partial charge in [-0.3, -0.25) is 4.98 Å². The lowest BCUT2D eigenvalue weighted by molar-refractivity contribution is -0.286. The highest BCUT2D eigenvalue weighted by Gasteiger charge is 2.47. The summed E-state index contributed by atoms with van der Waals surface area (Å²) in [4.78, 5) is 20.5. The lowest BCUT2D eigenvalue weighted by atomic mass is 9.83. The first-order valence-electron chi connectivity index (χ1n) is 13.8. The molecule has 0 aromatic carbocycles. The van der Waals surface area contributed by atoms with Gasteiger partial charge in [0.2, 0.25) is 5.88 Å². The van der Waals surface area contributed by atoms with Gasteiger partial charge < -0.3 is 24.1 Å². The summed E-state index contributed by atoms with van der Waals surface area (Å²) in [5.41, 5.74) is -2.04. The molecule has 1 aliphatic heterocycles. The minimum atomic E-state index is -4.75. The number of halogens is 5. The van der Waals surface area contributed by atoms with Crippen molar-refractivity contribution >= 4 is 5.97 Å². The van der Waals surface area contributed by atoms with E-state index in [1.807, 2.05) is 0 Å². The number of rotatable bonds is 7. The molecule has 0 radical (unpaired) electrons. The zero-order chi connectivity index (χ0) is 30.6. The van der Waals surface area contributed by atoms with E-state index in [-0.39, 0.29) is 59.3 Å². The summed E-state index contributed by atoms with van der Waals surface area (Å²) in [5.74, 6) is -1.59. The second-order valence-electron chi connectivity index (χ2n) is 10.8. The Balaban J connectivity index is 1.33. The van der Waals surface area contributed by atoms with E-state index in [4.69, 9.17) is 9.47 Å². The van der Waals surface area contributed by atoms with Crippen LogP contribution in [0.15, 0.2) is 30.6 Å². The normalized spacial score (nSPS) is 21.2. The van der Waals surface area contributed by atoms with Crippen LogP contribution in [-0.2, 0) is 22.1 Å². The summed E-state index contributed by atoms with van der Waals surface area (Å²) < 4.78 is 91.3. The van der Waals surface area contributed by atoms with Crippen LogP contribution >= 0.6 is 0 Å². The van der Waals surface area contributed by atoms with Crippen LogP contribution in [0.25, 0.3) is 5.69 Å². The number of ether oxygens (including phenoxy) is 4. The first-order chi connectivity index (χ1) is 20.4. The largest absolute Gasteiger partial charge is 0.586 e. The molecule has 1 N–H and O–H groups in total.